The lowest BCUT2D eigenvalue weighted by atomic mass is 10.1. The highest BCUT2D eigenvalue weighted by atomic mass is 35.5. The topological polar surface area (TPSA) is 96.0 Å². The molecule has 0 unspecified atom stereocenters. The Morgan fingerprint density at radius 3 is 2.43 bits per heavy atom. The van der Waals surface area contributed by atoms with Crippen molar-refractivity contribution in [2.75, 3.05) is 6.54 Å². The normalized spacial score (nSPS) is 13.1. The third-order valence-electron chi connectivity index (χ3n) is 2.44. The third-order valence-corrected chi connectivity index (χ3v) is 4.02. The number of nitrogens with two attached hydrogens (primary N) is 1. The molecule has 1 atom stereocenters. The predicted molar refractivity (Wildman–Crippen MR) is 72.2 cm³/mol. The van der Waals surface area contributed by atoms with Gasteiger partial charge in [-0.1, -0.05) is 0 Å². The van der Waals surface area contributed by atoms with Crippen molar-refractivity contribution in [3.63, 3.8) is 0 Å². The quantitative estimate of drug-likeness (QED) is 0.868. The maximum atomic E-state index is 12.6. The van der Waals surface area contributed by atoms with Gasteiger partial charge in [0, 0.05) is 12.6 Å². The molecule has 0 aliphatic carbocycles. The Morgan fingerprint density at radius 1 is 1.43 bits per heavy atom. The molecular formula is C11H13ClF3N3O2S. The molecule has 0 aliphatic heterocycles. The van der Waals surface area contributed by atoms with Crippen LogP contribution in [0.25, 0.3) is 0 Å². The number of halogens is 4. The van der Waals surface area contributed by atoms with Crippen LogP contribution in [0, 0.1) is 11.3 Å². The van der Waals surface area contributed by atoms with Crippen LogP contribution in [0.3, 0.4) is 0 Å². The maximum absolute atomic E-state index is 12.6. The lowest BCUT2D eigenvalue weighted by molar-refractivity contribution is -0.137. The monoisotopic (exact) mass is 343 g/mol. The highest BCUT2D eigenvalue weighted by molar-refractivity contribution is 7.89. The van der Waals surface area contributed by atoms with Gasteiger partial charge < -0.3 is 5.73 Å². The number of sulfonamides is 1. The van der Waals surface area contributed by atoms with Crippen molar-refractivity contribution in [2.24, 2.45) is 5.73 Å². The lowest BCUT2D eigenvalue weighted by Crippen LogP contribution is -2.37. The Labute approximate surface area is 126 Å². The van der Waals surface area contributed by atoms with Crippen LogP contribution >= 0.6 is 12.4 Å². The highest BCUT2D eigenvalue weighted by Gasteiger charge is 2.34. The summed E-state index contributed by atoms with van der Waals surface area (Å²) in [7, 11) is -4.01. The van der Waals surface area contributed by atoms with Crippen molar-refractivity contribution >= 4 is 22.4 Å². The van der Waals surface area contributed by atoms with E-state index in [9.17, 15) is 21.6 Å². The lowest BCUT2D eigenvalue weighted by Gasteiger charge is -2.14. The SMILES string of the molecule is C[C@H](CN)NS(=O)(=O)c1ccc(C(F)(F)F)c(C#N)c1.Cl. The number of alkyl halides is 3. The number of nitriles is 1. The van der Waals surface area contributed by atoms with E-state index in [1.807, 2.05) is 0 Å². The molecule has 3 N–H and O–H groups in total. The van der Waals surface area contributed by atoms with E-state index in [4.69, 9.17) is 11.0 Å². The minimum atomic E-state index is -4.72. The summed E-state index contributed by atoms with van der Waals surface area (Å²) in [5.74, 6) is 0. The molecule has 118 valence electrons. The Morgan fingerprint density at radius 2 is 2.00 bits per heavy atom. The number of hydrogen-bond donors (Lipinski definition) is 2. The van der Waals surface area contributed by atoms with Gasteiger partial charge in [-0.2, -0.15) is 18.4 Å². The van der Waals surface area contributed by atoms with Gasteiger partial charge in [0.2, 0.25) is 10.0 Å². The Hall–Kier alpha value is -1.34. The fourth-order valence-corrected chi connectivity index (χ4v) is 2.69. The van der Waals surface area contributed by atoms with Gasteiger partial charge in [-0.15, -0.1) is 12.4 Å². The molecule has 0 amide bonds. The van der Waals surface area contributed by atoms with Gasteiger partial charge in [-0.25, -0.2) is 13.1 Å². The van der Waals surface area contributed by atoms with Gasteiger partial charge in [0.05, 0.1) is 22.1 Å². The summed E-state index contributed by atoms with van der Waals surface area (Å²) in [4.78, 5) is -0.414. The van der Waals surface area contributed by atoms with Crippen molar-refractivity contribution in [1.82, 2.24) is 4.72 Å². The third kappa shape index (κ3) is 4.86. The van der Waals surface area contributed by atoms with Crippen LogP contribution in [0.5, 0.6) is 0 Å². The fourth-order valence-electron chi connectivity index (χ4n) is 1.41. The standard InChI is InChI=1S/C11H12F3N3O2S.ClH/c1-7(5-15)17-20(18,19)9-2-3-10(11(12,13)14)8(4-9)6-16;/h2-4,7,17H,5,15H2,1H3;1H/t7-;/m1./s1. The molecule has 0 heterocycles. The Kier molecular flexibility index (Phi) is 6.63. The van der Waals surface area contributed by atoms with Crippen LogP contribution in [0.4, 0.5) is 13.2 Å². The Balaban J connectivity index is 0.00000400. The number of hydrogen-bond acceptors (Lipinski definition) is 4. The van der Waals surface area contributed by atoms with Crippen molar-refractivity contribution in [3.05, 3.63) is 29.3 Å². The average molecular weight is 344 g/mol. The van der Waals surface area contributed by atoms with Gasteiger partial charge >= 0.3 is 6.18 Å². The molecule has 0 aromatic heterocycles. The average Bonchev–Trinajstić information content (AvgIpc) is 2.36. The second-order valence-corrected chi connectivity index (χ2v) is 5.79. The van der Waals surface area contributed by atoms with Crippen LogP contribution in [-0.4, -0.2) is 21.0 Å². The molecule has 1 rings (SSSR count). The summed E-state index contributed by atoms with van der Waals surface area (Å²) in [5.41, 5.74) is 3.34. The van der Waals surface area contributed by atoms with Crippen molar-refractivity contribution < 1.29 is 21.6 Å². The minimum Gasteiger partial charge on any atom is -0.329 e. The van der Waals surface area contributed by atoms with Gasteiger partial charge in [0.25, 0.3) is 0 Å². The fraction of sp³-hybridized carbons (Fsp3) is 0.364. The summed E-state index contributed by atoms with van der Waals surface area (Å²) in [6.45, 7) is 1.54. The van der Waals surface area contributed by atoms with Crippen molar-refractivity contribution in [2.45, 2.75) is 24.0 Å². The summed E-state index contributed by atoms with van der Waals surface area (Å²) < 4.78 is 63.7. The van der Waals surface area contributed by atoms with Crippen molar-refractivity contribution in [3.8, 4) is 6.07 Å². The van der Waals surface area contributed by atoms with Gasteiger partial charge in [0.15, 0.2) is 0 Å². The van der Waals surface area contributed by atoms with Crippen LogP contribution in [0.1, 0.15) is 18.1 Å². The first-order valence-electron chi connectivity index (χ1n) is 5.45. The van der Waals surface area contributed by atoms with Crippen LogP contribution in [0.15, 0.2) is 23.1 Å². The number of benzene rings is 1. The molecular weight excluding hydrogens is 331 g/mol. The van der Waals surface area contributed by atoms with E-state index in [0.29, 0.717) is 12.1 Å². The maximum Gasteiger partial charge on any atom is 0.417 e. The second-order valence-electron chi connectivity index (χ2n) is 4.07. The molecule has 0 fully saturated rings. The zero-order valence-corrected chi connectivity index (χ0v) is 12.4. The molecule has 1 aromatic carbocycles. The molecule has 5 nitrogen and oxygen atoms in total. The minimum absolute atomic E-state index is 0. The van der Waals surface area contributed by atoms with E-state index in [-0.39, 0.29) is 19.0 Å². The summed E-state index contributed by atoms with van der Waals surface area (Å²) in [5, 5.41) is 8.71. The molecule has 0 spiro atoms. The molecule has 0 saturated heterocycles. The Bertz CT molecular complexity index is 641. The molecule has 0 radical (unpaired) electrons. The van der Waals surface area contributed by atoms with E-state index in [1.165, 1.54) is 13.0 Å². The first kappa shape index (κ1) is 19.7. The van der Waals surface area contributed by atoms with Gasteiger partial charge in [0.1, 0.15) is 0 Å². The molecule has 10 heteroatoms. The summed E-state index contributed by atoms with van der Waals surface area (Å²) in [6, 6.07) is 2.83. The summed E-state index contributed by atoms with van der Waals surface area (Å²) >= 11 is 0. The molecule has 0 saturated carbocycles. The second kappa shape index (κ2) is 7.09. The smallest absolute Gasteiger partial charge is 0.329 e. The first-order valence-corrected chi connectivity index (χ1v) is 6.94. The zero-order valence-electron chi connectivity index (χ0n) is 10.8. The molecule has 0 bridgehead atoms. The van der Waals surface area contributed by atoms with Crippen LogP contribution in [0.2, 0.25) is 0 Å². The molecule has 21 heavy (non-hydrogen) atoms. The van der Waals surface area contributed by atoms with E-state index in [1.54, 1.807) is 0 Å². The van der Waals surface area contributed by atoms with Crippen LogP contribution < -0.4 is 10.5 Å². The van der Waals surface area contributed by atoms with Gasteiger partial charge in [-0.3, -0.25) is 0 Å². The zero-order chi connectivity index (χ0) is 15.6. The molecule has 0 aliphatic rings. The molecule has 1 aromatic rings. The number of nitrogens with zero attached hydrogens (tertiary/aromatic N) is 1. The van der Waals surface area contributed by atoms with Crippen molar-refractivity contribution in [1.29, 1.82) is 5.26 Å². The number of rotatable bonds is 4. The van der Waals surface area contributed by atoms with E-state index in [2.05, 4.69) is 4.72 Å². The van der Waals surface area contributed by atoms with Crippen LogP contribution in [-0.2, 0) is 16.2 Å². The van der Waals surface area contributed by atoms with Gasteiger partial charge in [-0.05, 0) is 25.1 Å². The summed E-state index contributed by atoms with van der Waals surface area (Å²) in [6.07, 6.45) is -4.72. The highest BCUT2D eigenvalue weighted by Crippen LogP contribution is 2.32. The first-order chi connectivity index (χ1) is 9.11. The van der Waals surface area contributed by atoms with E-state index >= 15 is 0 Å². The predicted octanol–water partition coefficient (Wildman–Crippen LogP) is 1.62. The van der Waals surface area contributed by atoms with E-state index in [0.717, 1.165) is 6.07 Å². The largest absolute Gasteiger partial charge is 0.417 e. The number of nitrogens with one attached hydrogen (secondary N) is 1. The van der Waals surface area contributed by atoms with E-state index < -0.39 is 38.3 Å².